The molecule has 1 N–H and O–H groups in total. The van der Waals surface area contributed by atoms with Crippen molar-refractivity contribution in [1.82, 2.24) is 0 Å². The molecule has 2 aromatic rings. The summed E-state index contributed by atoms with van der Waals surface area (Å²) in [6.07, 6.45) is 0.435. The lowest BCUT2D eigenvalue weighted by atomic mass is 9.97. The van der Waals surface area contributed by atoms with Gasteiger partial charge in [0.25, 0.3) is 0 Å². The van der Waals surface area contributed by atoms with Crippen molar-refractivity contribution in [2.24, 2.45) is 0 Å². The van der Waals surface area contributed by atoms with E-state index in [-0.39, 0.29) is 11.8 Å². The number of carbonyl (C=O) groups excluding carboxylic acids is 1. The number of nitriles is 1. The number of hydrogen-bond acceptors (Lipinski definition) is 2. The molecule has 1 unspecified atom stereocenters. The molecule has 0 saturated heterocycles. The third-order valence-electron chi connectivity index (χ3n) is 3.16. The maximum absolute atomic E-state index is 12.0. The van der Waals surface area contributed by atoms with Crippen LogP contribution < -0.4 is 5.32 Å². The Labute approximate surface area is 118 Å². The van der Waals surface area contributed by atoms with Gasteiger partial charge in [-0.3, -0.25) is 4.79 Å². The van der Waals surface area contributed by atoms with Gasteiger partial charge in [0, 0.05) is 12.1 Å². The number of rotatable bonds is 4. The summed E-state index contributed by atoms with van der Waals surface area (Å²) in [4.78, 5) is 12.0. The molecule has 0 saturated carbocycles. The molecule has 0 fully saturated rings. The van der Waals surface area contributed by atoms with Crippen LogP contribution in [0.4, 0.5) is 5.69 Å². The second-order valence-electron chi connectivity index (χ2n) is 4.75. The molecular weight excluding hydrogens is 248 g/mol. The first-order valence-corrected chi connectivity index (χ1v) is 6.54. The minimum absolute atomic E-state index is 0.0222. The fourth-order valence-corrected chi connectivity index (χ4v) is 2.02. The van der Waals surface area contributed by atoms with Gasteiger partial charge in [0.05, 0.1) is 11.6 Å². The van der Waals surface area contributed by atoms with Crippen LogP contribution in [0, 0.1) is 11.3 Å². The van der Waals surface area contributed by atoms with Crippen molar-refractivity contribution in [1.29, 1.82) is 5.26 Å². The van der Waals surface area contributed by atoms with Crippen molar-refractivity contribution in [3.8, 4) is 6.07 Å². The molecule has 3 heteroatoms. The number of nitrogens with one attached hydrogen (secondary N) is 1. The van der Waals surface area contributed by atoms with Gasteiger partial charge in [-0.1, -0.05) is 37.3 Å². The topological polar surface area (TPSA) is 52.9 Å². The molecule has 0 radical (unpaired) electrons. The molecule has 0 aliphatic heterocycles. The largest absolute Gasteiger partial charge is 0.326 e. The van der Waals surface area contributed by atoms with Crippen LogP contribution in [0.1, 0.15) is 30.4 Å². The first-order valence-electron chi connectivity index (χ1n) is 6.54. The molecule has 0 aliphatic carbocycles. The van der Waals surface area contributed by atoms with E-state index in [9.17, 15) is 4.79 Å². The van der Waals surface area contributed by atoms with Gasteiger partial charge in [0.2, 0.25) is 5.91 Å². The number of anilines is 1. The normalized spacial score (nSPS) is 11.4. The Morgan fingerprint density at radius 1 is 1.15 bits per heavy atom. The maximum Gasteiger partial charge on any atom is 0.224 e. The van der Waals surface area contributed by atoms with Crippen LogP contribution in [0.5, 0.6) is 0 Å². The van der Waals surface area contributed by atoms with Crippen LogP contribution in [-0.2, 0) is 4.79 Å². The summed E-state index contributed by atoms with van der Waals surface area (Å²) in [7, 11) is 0. The highest BCUT2D eigenvalue weighted by Gasteiger charge is 2.11. The van der Waals surface area contributed by atoms with Crippen LogP contribution in [-0.4, -0.2) is 5.91 Å². The van der Waals surface area contributed by atoms with E-state index in [1.807, 2.05) is 43.3 Å². The molecule has 3 nitrogen and oxygen atoms in total. The summed E-state index contributed by atoms with van der Waals surface area (Å²) in [5, 5.41) is 11.6. The predicted molar refractivity (Wildman–Crippen MR) is 79.3 cm³/mol. The Kier molecular flexibility index (Phi) is 4.52. The fraction of sp³-hybridized carbons (Fsp3) is 0.176. The second-order valence-corrected chi connectivity index (χ2v) is 4.75. The predicted octanol–water partition coefficient (Wildman–Crippen LogP) is 3.69. The SMILES string of the molecule is CC(CC(=O)Nc1ccc(C#N)cc1)c1ccccc1. The molecule has 100 valence electrons. The first kappa shape index (κ1) is 13.8. The molecule has 20 heavy (non-hydrogen) atoms. The second kappa shape index (κ2) is 6.53. The fourth-order valence-electron chi connectivity index (χ4n) is 2.02. The van der Waals surface area contributed by atoms with Crippen molar-refractivity contribution >= 4 is 11.6 Å². The number of hydrogen-bond donors (Lipinski definition) is 1. The summed E-state index contributed by atoms with van der Waals surface area (Å²) in [6.45, 7) is 2.04. The van der Waals surface area contributed by atoms with Gasteiger partial charge >= 0.3 is 0 Å². The van der Waals surface area contributed by atoms with Crippen LogP contribution in [0.2, 0.25) is 0 Å². The molecule has 0 bridgehead atoms. The van der Waals surface area contributed by atoms with Gasteiger partial charge in [0.1, 0.15) is 0 Å². The molecule has 2 aromatic carbocycles. The Morgan fingerprint density at radius 3 is 2.40 bits per heavy atom. The van der Waals surface area contributed by atoms with Crippen molar-refractivity contribution < 1.29 is 4.79 Å². The summed E-state index contributed by atoms with van der Waals surface area (Å²) < 4.78 is 0. The minimum atomic E-state index is -0.0222. The third kappa shape index (κ3) is 3.69. The monoisotopic (exact) mass is 264 g/mol. The molecule has 2 rings (SSSR count). The van der Waals surface area contributed by atoms with E-state index in [2.05, 4.69) is 5.32 Å². The number of nitrogens with zero attached hydrogens (tertiary/aromatic N) is 1. The van der Waals surface area contributed by atoms with Crippen LogP contribution >= 0.6 is 0 Å². The number of benzene rings is 2. The molecule has 0 aromatic heterocycles. The van der Waals surface area contributed by atoms with Crippen molar-refractivity contribution in [3.63, 3.8) is 0 Å². The quantitative estimate of drug-likeness (QED) is 0.915. The van der Waals surface area contributed by atoms with Crippen LogP contribution in [0.3, 0.4) is 0 Å². The van der Waals surface area contributed by atoms with Gasteiger partial charge in [0.15, 0.2) is 0 Å². The van der Waals surface area contributed by atoms with Crippen molar-refractivity contribution in [2.45, 2.75) is 19.3 Å². The molecule has 0 spiro atoms. The van der Waals surface area contributed by atoms with Gasteiger partial charge < -0.3 is 5.32 Å². The highest BCUT2D eigenvalue weighted by atomic mass is 16.1. The summed E-state index contributed by atoms with van der Waals surface area (Å²) in [5.74, 6) is 0.153. The van der Waals surface area contributed by atoms with E-state index in [0.29, 0.717) is 17.7 Å². The molecule has 1 atom stereocenters. The third-order valence-corrected chi connectivity index (χ3v) is 3.16. The van der Waals surface area contributed by atoms with Crippen LogP contribution in [0.25, 0.3) is 0 Å². The van der Waals surface area contributed by atoms with E-state index >= 15 is 0 Å². The van der Waals surface area contributed by atoms with E-state index in [4.69, 9.17) is 5.26 Å². The highest BCUT2D eigenvalue weighted by Crippen LogP contribution is 2.19. The van der Waals surface area contributed by atoms with Gasteiger partial charge in [-0.25, -0.2) is 0 Å². The zero-order valence-electron chi connectivity index (χ0n) is 11.3. The van der Waals surface area contributed by atoms with Crippen molar-refractivity contribution in [2.75, 3.05) is 5.32 Å². The van der Waals surface area contributed by atoms with Gasteiger partial charge in [-0.15, -0.1) is 0 Å². The lowest BCUT2D eigenvalue weighted by molar-refractivity contribution is -0.116. The van der Waals surface area contributed by atoms with Crippen LogP contribution in [0.15, 0.2) is 54.6 Å². The Balaban J connectivity index is 1.93. The van der Waals surface area contributed by atoms with E-state index in [1.165, 1.54) is 0 Å². The van der Waals surface area contributed by atoms with Gasteiger partial charge in [-0.05, 0) is 35.7 Å². The van der Waals surface area contributed by atoms with E-state index < -0.39 is 0 Å². The lowest BCUT2D eigenvalue weighted by Crippen LogP contribution is -2.14. The summed E-state index contributed by atoms with van der Waals surface area (Å²) in [5.41, 5.74) is 2.46. The molecule has 0 heterocycles. The zero-order valence-corrected chi connectivity index (χ0v) is 11.3. The van der Waals surface area contributed by atoms with E-state index in [0.717, 1.165) is 5.56 Å². The number of amides is 1. The van der Waals surface area contributed by atoms with Gasteiger partial charge in [-0.2, -0.15) is 5.26 Å². The maximum atomic E-state index is 12.0. The van der Waals surface area contributed by atoms with Crippen molar-refractivity contribution in [3.05, 3.63) is 65.7 Å². The standard InChI is InChI=1S/C17H16N2O/c1-13(15-5-3-2-4-6-15)11-17(20)19-16-9-7-14(12-18)8-10-16/h2-10,13H,11H2,1H3,(H,19,20). The molecular formula is C17H16N2O. The Morgan fingerprint density at radius 2 is 1.80 bits per heavy atom. The number of carbonyl (C=O) groups is 1. The average molecular weight is 264 g/mol. The minimum Gasteiger partial charge on any atom is -0.326 e. The molecule has 0 aliphatic rings. The van der Waals surface area contributed by atoms with E-state index in [1.54, 1.807) is 24.3 Å². The summed E-state index contributed by atoms with van der Waals surface area (Å²) in [6, 6.07) is 18.9. The zero-order chi connectivity index (χ0) is 14.4. The Bertz CT molecular complexity index is 612. The smallest absolute Gasteiger partial charge is 0.224 e. The first-order chi connectivity index (χ1) is 9.69. The lowest BCUT2D eigenvalue weighted by Gasteiger charge is -2.12. The molecule has 1 amide bonds. The highest BCUT2D eigenvalue weighted by molar-refractivity contribution is 5.91. The summed E-state index contributed by atoms with van der Waals surface area (Å²) >= 11 is 0. The Hall–Kier alpha value is -2.60. The average Bonchev–Trinajstić information content (AvgIpc) is 2.49.